The average Bonchev–Trinajstić information content (AvgIpc) is 2.30. The number of aliphatic hydroxyl groups is 1. The van der Waals surface area contributed by atoms with Crippen molar-refractivity contribution >= 4 is 5.84 Å². The second-order valence-corrected chi connectivity index (χ2v) is 2.79. The van der Waals surface area contributed by atoms with Crippen molar-refractivity contribution in [2.75, 3.05) is 13.2 Å². The molecule has 0 aliphatic carbocycles. The van der Waals surface area contributed by atoms with Gasteiger partial charge in [-0.2, -0.15) is 0 Å². The highest BCUT2D eigenvalue weighted by atomic mass is 16.7. The van der Waals surface area contributed by atoms with Crippen molar-refractivity contribution in [2.24, 2.45) is 4.99 Å². The molecular formula is C8H10N4O2. The Balaban J connectivity index is 2.11. The summed E-state index contributed by atoms with van der Waals surface area (Å²) < 4.78 is 0. The van der Waals surface area contributed by atoms with Gasteiger partial charge in [0.05, 0.1) is 13.2 Å². The number of rotatable bonds is 2. The predicted molar refractivity (Wildman–Crippen MR) is 48.5 cm³/mol. The highest BCUT2D eigenvalue weighted by molar-refractivity contribution is 5.94. The van der Waals surface area contributed by atoms with Crippen LogP contribution in [0.2, 0.25) is 0 Å². The van der Waals surface area contributed by atoms with Crippen LogP contribution in [0.5, 0.6) is 0 Å². The molecule has 2 N–H and O–H groups in total. The topological polar surface area (TPSA) is 79.6 Å². The third-order valence-corrected chi connectivity index (χ3v) is 1.76. The standard InChI is InChI=1S/C8H10N4O2/c13-5-6-4-11-8(12-14-6)7-9-2-1-3-10-7/h1-3,6,13H,4-5H2,(H,11,12)/t6-/m1/s1. The first-order chi connectivity index (χ1) is 6.90. The number of aliphatic hydroxyl groups excluding tert-OH is 1. The number of hydroxylamine groups is 1. The summed E-state index contributed by atoms with van der Waals surface area (Å²) in [4.78, 5) is 17.2. The Bertz CT molecular complexity index is 327. The van der Waals surface area contributed by atoms with Gasteiger partial charge < -0.3 is 5.11 Å². The minimum Gasteiger partial charge on any atom is -0.393 e. The van der Waals surface area contributed by atoms with E-state index in [0.717, 1.165) is 0 Å². The molecule has 74 valence electrons. The third kappa shape index (κ3) is 1.86. The highest BCUT2D eigenvalue weighted by Crippen LogP contribution is 2.00. The van der Waals surface area contributed by atoms with Gasteiger partial charge in [-0.1, -0.05) is 0 Å². The molecule has 6 heteroatoms. The van der Waals surface area contributed by atoms with Crippen molar-refractivity contribution in [1.82, 2.24) is 15.4 Å². The summed E-state index contributed by atoms with van der Waals surface area (Å²) in [6.07, 6.45) is 2.97. The Morgan fingerprint density at radius 3 is 2.86 bits per heavy atom. The van der Waals surface area contributed by atoms with Gasteiger partial charge in [-0.05, 0) is 6.07 Å². The lowest BCUT2D eigenvalue weighted by molar-refractivity contribution is -0.0241. The van der Waals surface area contributed by atoms with Crippen molar-refractivity contribution in [1.29, 1.82) is 0 Å². The molecule has 2 rings (SSSR count). The second kappa shape index (κ2) is 4.12. The smallest absolute Gasteiger partial charge is 0.197 e. The molecule has 0 saturated carbocycles. The number of hydrogen-bond donors (Lipinski definition) is 2. The highest BCUT2D eigenvalue weighted by Gasteiger charge is 2.17. The van der Waals surface area contributed by atoms with Gasteiger partial charge in [-0.25, -0.2) is 15.4 Å². The van der Waals surface area contributed by atoms with Crippen molar-refractivity contribution < 1.29 is 9.94 Å². The molecule has 0 bridgehead atoms. The maximum absolute atomic E-state index is 8.78. The Hall–Kier alpha value is -1.53. The zero-order valence-electron chi connectivity index (χ0n) is 7.42. The molecule has 1 aliphatic heterocycles. The van der Waals surface area contributed by atoms with Gasteiger partial charge in [0.2, 0.25) is 0 Å². The van der Waals surface area contributed by atoms with Crippen LogP contribution in [0.4, 0.5) is 0 Å². The molecule has 2 heterocycles. The van der Waals surface area contributed by atoms with Crippen LogP contribution in [-0.4, -0.2) is 40.2 Å². The van der Waals surface area contributed by atoms with E-state index in [2.05, 4.69) is 20.4 Å². The van der Waals surface area contributed by atoms with Crippen LogP contribution < -0.4 is 5.48 Å². The monoisotopic (exact) mass is 194 g/mol. The number of nitrogens with one attached hydrogen (secondary N) is 1. The minimum atomic E-state index is -0.289. The molecular weight excluding hydrogens is 184 g/mol. The number of amidine groups is 1. The van der Waals surface area contributed by atoms with Crippen LogP contribution in [0.3, 0.4) is 0 Å². The van der Waals surface area contributed by atoms with Crippen molar-refractivity contribution in [3.8, 4) is 0 Å². The van der Waals surface area contributed by atoms with E-state index in [4.69, 9.17) is 9.94 Å². The number of nitrogens with zero attached hydrogens (tertiary/aromatic N) is 3. The van der Waals surface area contributed by atoms with Crippen LogP contribution >= 0.6 is 0 Å². The zero-order valence-corrected chi connectivity index (χ0v) is 7.42. The van der Waals surface area contributed by atoms with E-state index in [1.807, 2.05) is 0 Å². The van der Waals surface area contributed by atoms with Crippen molar-refractivity contribution in [3.63, 3.8) is 0 Å². The van der Waals surface area contributed by atoms with Gasteiger partial charge in [0.15, 0.2) is 11.7 Å². The normalized spacial score (nSPS) is 21.2. The summed E-state index contributed by atoms with van der Waals surface area (Å²) in [5.74, 6) is 0.985. The Labute approximate surface area is 80.6 Å². The molecule has 0 saturated heterocycles. The summed E-state index contributed by atoms with van der Waals surface area (Å²) in [6.45, 7) is 0.358. The van der Waals surface area contributed by atoms with E-state index in [1.54, 1.807) is 18.5 Å². The van der Waals surface area contributed by atoms with Crippen molar-refractivity contribution in [3.05, 3.63) is 24.3 Å². The van der Waals surface area contributed by atoms with E-state index in [1.165, 1.54) is 0 Å². The molecule has 0 spiro atoms. The van der Waals surface area contributed by atoms with E-state index < -0.39 is 0 Å². The largest absolute Gasteiger partial charge is 0.393 e. The van der Waals surface area contributed by atoms with Crippen LogP contribution in [0.1, 0.15) is 5.82 Å². The van der Waals surface area contributed by atoms with Crippen molar-refractivity contribution in [2.45, 2.75) is 6.10 Å². The molecule has 1 atom stereocenters. The quantitative estimate of drug-likeness (QED) is 0.639. The van der Waals surface area contributed by atoms with Crippen LogP contribution in [0.25, 0.3) is 0 Å². The number of aliphatic imine (C=N–C) groups is 1. The van der Waals surface area contributed by atoms with E-state index in [0.29, 0.717) is 18.2 Å². The van der Waals surface area contributed by atoms with Gasteiger partial charge in [0.25, 0.3) is 0 Å². The second-order valence-electron chi connectivity index (χ2n) is 2.79. The lowest BCUT2D eigenvalue weighted by Crippen LogP contribution is -2.39. The molecule has 1 aliphatic rings. The molecule has 1 aromatic heterocycles. The third-order valence-electron chi connectivity index (χ3n) is 1.76. The van der Waals surface area contributed by atoms with Gasteiger partial charge in [-0.15, -0.1) is 0 Å². The first-order valence-corrected chi connectivity index (χ1v) is 4.24. The zero-order chi connectivity index (χ0) is 9.80. The van der Waals surface area contributed by atoms with E-state index in [9.17, 15) is 0 Å². The van der Waals surface area contributed by atoms with Gasteiger partial charge in [0, 0.05) is 12.4 Å². The fourth-order valence-electron chi connectivity index (χ4n) is 1.03. The van der Waals surface area contributed by atoms with Gasteiger partial charge in [-0.3, -0.25) is 9.83 Å². The lowest BCUT2D eigenvalue weighted by atomic mass is 10.3. The maximum Gasteiger partial charge on any atom is 0.197 e. The fourth-order valence-corrected chi connectivity index (χ4v) is 1.03. The fraction of sp³-hybridized carbons (Fsp3) is 0.375. The number of aromatic nitrogens is 2. The molecule has 0 radical (unpaired) electrons. The van der Waals surface area contributed by atoms with Crippen LogP contribution in [0, 0.1) is 0 Å². The number of hydrogen-bond acceptors (Lipinski definition) is 6. The molecule has 14 heavy (non-hydrogen) atoms. The van der Waals surface area contributed by atoms with Crippen LogP contribution in [0.15, 0.2) is 23.5 Å². The van der Waals surface area contributed by atoms with E-state index in [-0.39, 0.29) is 12.7 Å². The SMILES string of the molecule is OC[C@H]1CN=C(c2ncccn2)NO1. The van der Waals surface area contributed by atoms with E-state index >= 15 is 0 Å². The van der Waals surface area contributed by atoms with Gasteiger partial charge >= 0.3 is 0 Å². The van der Waals surface area contributed by atoms with Gasteiger partial charge in [0.1, 0.15) is 6.10 Å². The first kappa shape index (κ1) is 9.04. The molecule has 0 amide bonds. The average molecular weight is 194 g/mol. The molecule has 1 aromatic rings. The summed E-state index contributed by atoms with van der Waals surface area (Å²) in [5, 5.41) is 8.78. The summed E-state index contributed by atoms with van der Waals surface area (Å²) in [6, 6.07) is 1.73. The molecule has 0 unspecified atom stereocenters. The minimum absolute atomic E-state index is 0.0561. The Morgan fingerprint density at radius 1 is 1.50 bits per heavy atom. The molecule has 0 fully saturated rings. The Kier molecular flexibility index (Phi) is 2.66. The maximum atomic E-state index is 8.78. The summed E-state index contributed by atoms with van der Waals surface area (Å²) in [7, 11) is 0. The Morgan fingerprint density at radius 2 is 2.29 bits per heavy atom. The first-order valence-electron chi connectivity index (χ1n) is 4.24. The lowest BCUT2D eigenvalue weighted by Gasteiger charge is -2.19. The molecule has 0 aromatic carbocycles. The summed E-state index contributed by atoms with van der Waals surface area (Å²) in [5.41, 5.74) is 2.60. The molecule has 6 nitrogen and oxygen atoms in total. The predicted octanol–water partition coefficient (Wildman–Crippen LogP) is -0.881. The summed E-state index contributed by atoms with van der Waals surface area (Å²) >= 11 is 0. The van der Waals surface area contributed by atoms with Crippen LogP contribution in [-0.2, 0) is 4.84 Å².